The number of thioether (sulfide) groups is 1. The molecule has 3 heteroatoms. The van der Waals surface area contributed by atoms with Gasteiger partial charge in [0.1, 0.15) is 0 Å². The van der Waals surface area contributed by atoms with Crippen LogP contribution in [0.25, 0.3) is 0 Å². The van der Waals surface area contributed by atoms with Crippen LogP contribution in [0.4, 0.5) is 0 Å². The normalized spacial score (nSPS) is 13.9. The number of alkyl halides is 1. The van der Waals surface area contributed by atoms with Crippen molar-refractivity contribution < 1.29 is 0 Å². The molecule has 1 atom stereocenters. The molecule has 0 heterocycles. The van der Waals surface area contributed by atoms with Gasteiger partial charge in [0.05, 0.1) is 4.05 Å². The number of unbranched alkanes of at least 4 members (excludes halogenated alkanes) is 1. The summed E-state index contributed by atoms with van der Waals surface area (Å²) >= 11 is 4.58. The zero-order valence-electron chi connectivity index (χ0n) is 9.92. The highest BCUT2D eigenvalue weighted by Gasteiger charge is 2.09. The van der Waals surface area contributed by atoms with Crippen LogP contribution in [0.2, 0.25) is 0 Å². The van der Waals surface area contributed by atoms with Gasteiger partial charge in [-0.05, 0) is 25.1 Å². The van der Waals surface area contributed by atoms with Crippen molar-refractivity contribution in [3.8, 4) is 0 Å². The standard InChI is InChI=1S/C11H24INS/c1-5-6-7-13(11(4)12)8-9-14-10(2)3/h10-11H,5-9H2,1-4H3. The fourth-order valence-corrected chi connectivity index (χ4v) is 2.60. The third-order valence-electron chi connectivity index (χ3n) is 2.13. The van der Waals surface area contributed by atoms with Gasteiger partial charge in [-0.15, -0.1) is 0 Å². The van der Waals surface area contributed by atoms with Crippen LogP contribution in [0, 0.1) is 0 Å². The van der Waals surface area contributed by atoms with Crippen LogP contribution in [-0.2, 0) is 0 Å². The summed E-state index contributed by atoms with van der Waals surface area (Å²) in [6, 6.07) is 0. The monoisotopic (exact) mass is 329 g/mol. The molecule has 0 rings (SSSR count). The maximum atomic E-state index is 2.58. The zero-order valence-corrected chi connectivity index (χ0v) is 12.9. The summed E-state index contributed by atoms with van der Waals surface area (Å²) < 4.78 is 0.673. The molecule has 0 aromatic rings. The van der Waals surface area contributed by atoms with Gasteiger partial charge in [-0.1, -0.05) is 49.8 Å². The SMILES string of the molecule is CCCCN(CCSC(C)C)C(C)I. The first kappa shape index (κ1) is 15.0. The highest BCUT2D eigenvalue weighted by Crippen LogP contribution is 2.13. The molecule has 14 heavy (non-hydrogen) atoms. The highest BCUT2D eigenvalue weighted by atomic mass is 127. The predicted molar refractivity (Wildman–Crippen MR) is 77.6 cm³/mol. The Morgan fingerprint density at radius 3 is 2.29 bits per heavy atom. The van der Waals surface area contributed by atoms with Gasteiger partial charge in [0.15, 0.2) is 0 Å². The molecule has 86 valence electrons. The molecular weight excluding hydrogens is 305 g/mol. The lowest BCUT2D eigenvalue weighted by Crippen LogP contribution is -2.32. The summed E-state index contributed by atoms with van der Waals surface area (Å²) in [5.41, 5.74) is 0. The van der Waals surface area contributed by atoms with Crippen LogP contribution in [0.5, 0.6) is 0 Å². The van der Waals surface area contributed by atoms with Gasteiger partial charge < -0.3 is 0 Å². The van der Waals surface area contributed by atoms with E-state index in [0.29, 0.717) is 4.05 Å². The average molecular weight is 329 g/mol. The van der Waals surface area contributed by atoms with Crippen molar-refractivity contribution in [3.63, 3.8) is 0 Å². The van der Waals surface area contributed by atoms with Crippen LogP contribution in [0.1, 0.15) is 40.5 Å². The van der Waals surface area contributed by atoms with E-state index in [0.717, 1.165) is 5.25 Å². The lowest BCUT2D eigenvalue weighted by Gasteiger charge is -2.25. The Bertz CT molecular complexity index is 128. The molecule has 0 amide bonds. The van der Waals surface area contributed by atoms with Gasteiger partial charge in [-0.25, -0.2) is 0 Å². The lowest BCUT2D eigenvalue weighted by molar-refractivity contribution is 0.289. The van der Waals surface area contributed by atoms with E-state index in [2.05, 4.69) is 66.9 Å². The Balaban J connectivity index is 3.62. The number of nitrogens with zero attached hydrogens (tertiary/aromatic N) is 1. The molecule has 0 bridgehead atoms. The van der Waals surface area contributed by atoms with Gasteiger partial charge in [-0.2, -0.15) is 11.8 Å². The van der Waals surface area contributed by atoms with Crippen molar-refractivity contribution in [1.29, 1.82) is 0 Å². The van der Waals surface area contributed by atoms with Crippen molar-refractivity contribution in [1.82, 2.24) is 4.90 Å². The zero-order chi connectivity index (χ0) is 11.0. The number of hydrogen-bond donors (Lipinski definition) is 0. The van der Waals surface area contributed by atoms with E-state index in [4.69, 9.17) is 0 Å². The number of rotatable bonds is 8. The smallest absolute Gasteiger partial charge is 0.0590 e. The summed E-state index contributed by atoms with van der Waals surface area (Å²) in [5.74, 6) is 1.27. The summed E-state index contributed by atoms with van der Waals surface area (Å²) in [5, 5.41) is 0.771. The summed E-state index contributed by atoms with van der Waals surface area (Å²) in [4.78, 5) is 2.58. The Morgan fingerprint density at radius 1 is 1.21 bits per heavy atom. The molecule has 0 aliphatic carbocycles. The molecule has 0 aliphatic heterocycles. The summed E-state index contributed by atoms with van der Waals surface area (Å²) in [6.07, 6.45) is 2.64. The van der Waals surface area contributed by atoms with Crippen LogP contribution in [0.15, 0.2) is 0 Å². The molecule has 0 aromatic carbocycles. The van der Waals surface area contributed by atoms with E-state index in [1.807, 2.05) is 0 Å². The number of halogens is 1. The van der Waals surface area contributed by atoms with Crippen LogP contribution in [-0.4, -0.2) is 33.0 Å². The van der Waals surface area contributed by atoms with E-state index in [-0.39, 0.29) is 0 Å². The number of hydrogen-bond acceptors (Lipinski definition) is 2. The minimum atomic E-state index is 0.673. The minimum Gasteiger partial charge on any atom is -0.291 e. The minimum absolute atomic E-state index is 0.673. The van der Waals surface area contributed by atoms with E-state index >= 15 is 0 Å². The Kier molecular flexibility index (Phi) is 9.97. The third-order valence-corrected chi connectivity index (χ3v) is 4.00. The Labute approximate surface area is 108 Å². The first-order valence-electron chi connectivity index (χ1n) is 5.57. The van der Waals surface area contributed by atoms with E-state index in [1.54, 1.807) is 0 Å². The Hall–Kier alpha value is 1.04. The molecule has 0 aromatic heterocycles. The molecule has 0 radical (unpaired) electrons. The summed E-state index contributed by atoms with van der Waals surface area (Å²) in [6.45, 7) is 11.6. The van der Waals surface area contributed by atoms with Gasteiger partial charge in [0.25, 0.3) is 0 Å². The largest absolute Gasteiger partial charge is 0.291 e. The van der Waals surface area contributed by atoms with Crippen LogP contribution >= 0.6 is 34.4 Å². The molecule has 0 N–H and O–H groups in total. The molecule has 1 nitrogen and oxygen atoms in total. The predicted octanol–water partition coefficient (Wildman–Crippen LogP) is 4.01. The molecule has 0 saturated carbocycles. The van der Waals surface area contributed by atoms with Crippen molar-refractivity contribution in [2.45, 2.75) is 49.8 Å². The molecule has 0 aliphatic rings. The van der Waals surface area contributed by atoms with Gasteiger partial charge in [0.2, 0.25) is 0 Å². The van der Waals surface area contributed by atoms with E-state index < -0.39 is 0 Å². The summed E-state index contributed by atoms with van der Waals surface area (Å²) in [7, 11) is 0. The van der Waals surface area contributed by atoms with Crippen molar-refractivity contribution in [2.75, 3.05) is 18.8 Å². The van der Waals surface area contributed by atoms with Crippen molar-refractivity contribution >= 4 is 34.4 Å². The second-order valence-electron chi connectivity index (χ2n) is 3.88. The van der Waals surface area contributed by atoms with Gasteiger partial charge >= 0.3 is 0 Å². The van der Waals surface area contributed by atoms with Crippen LogP contribution < -0.4 is 0 Å². The van der Waals surface area contributed by atoms with Gasteiger partial charge in [-0.3, -0.25) is 4.90 Å². The molecule has 0 saturated heterocycles. The van der Waals surface area contributed by atoms with Crippen molar-refractivity contribution in [3.05, 3.63) is 0 Å². The molecular formula is C11H24INS. The van der Waals surface area contributed by atoms with Gasteiger partial charge in [0, 0.05) is 12.3 Å². The van der Waals surface area contributed by atoms with E-state index in [9.17, 15) is 0 Å². The first-order chi connectivity index (χ1) is 6.57. The average Bonchev–Trinajstić information content (AvgIpc) is 2.09. The fraction of sp³-hybridized carbons (Fsp3) is 1.00. The second-order valence-corrected chi connectivity index (χ2v) is 7.37. The second kappa shape index (κ2) is 9.28. The Morgan fingerprint density at radius 2 is 1.86 bits per heavy atom. The highest BCUT2D eigenvalue weighted by molar-refractivity contribution is 14.1. The topological polar surface area (TPSA) is 3.24 Å². The quantitative estimate of drug-likeness (QED) is 0.376. The maximum Gasteiger partial charge on any atom is 0.0590 e. The fourth-order valence-electron chi connectivity index (χ4n) is 1.23. The molecule has 1 unspecified atom stereocenters. The van der Waals surface area contributed by atoms with E-state index in [1.165, 1.54) is 31.7 Å². The van der Waals surface area contributed by atoms with Crippen molar-refractivity contribution in [2.24, 2.45) is 0 Å². The lowest BCUT2D eigenvalue weighted by atomic mass is 10.3. The molecule has 0 fully saturated rings. The molecule has 0 spiro atoms. The maximum absolute atomic E-state index is 2.58. The first-order valence-corrected chi connectivity index (χ1v) is 7.87. The van der Waals surface area contributed by atoms with Crippen LogP contribution in [0.3, 0.4) is 0 Å². The third kappa shape index (κ3) is 8.36.